The van der Waals surface area contributed by atoms with Crippen LogP contribution in [-0.4, -0.2) is 32.0 Å². The first kappa shape index (κ1) is 21.6. The Bertz CT molecular complexity index is 1010. The zero-order valence-corrected chi connectivity index (χ0v) is 18.4. The lowest BCUT2D eigenvalue weighted by Crippen LogP contribution is -2.41. The maximum Gasteiger partial charge on any atom is 0.225 e. The molecule has 1 atom stereocenters. The van der Waals surface area contributed by atoms with Gasteiger partial charge < -0.3 is 16.0 Å². The number of para-hydroxylation sites is 1. The Kier molecular flexibility index (Phi) is 7.18. The van der Waals surface area contributed by atoms with E-state index in [4.69, 9.17) is 0 Å². The average Bonchev–Trinajstić information content (AvgIpc) is 2.84. The topological polar surface area (TPSA) is 65.5 Å². The minimum atomic E-state index is 0.0620. The number of aliphatic imine (C=N–C) groups is 1. The van der Waals surface area contributed by atoms with Crippen LogP contribution < -0.4 is 16.0 Å². The maximum absolute atomic E-state index is 12.1. The highest BCUT2D eigenvalue weighted by atomic mass is 16.1. The first-order valence-electron chi connectivity index (χ1n) is 11.2. The van der Waals surface area contributed by atoms with Gasteiger partial charge in [0.25, 0.3) is 0 Å². The van der Waals surface area contributed by atoms with Gasteiger partial charge in [-0.15, -0.1) is 0 Å². The summed E-state index contributed by atoms with van der Waals surface area (Å²) in [6.07, 6.45) is 1.43. The van der Waals surface area contributed by atoms with Crippen molar-refractivity contribution in [1.82, 2.24) is 10.6 Å². The normalized spacial score (nSPS) is 15.8. The minimum absolute atomic E-state index is 0.0620. The van der Waals surface area contributed by atoms with Gasteiger partial charge in [-0.05, 0) is 29.2 Å². The third kappa shape index (κ3) is 5.35. The maximum atomic E-state index is 12.1. The highest BCUT2D eigenvalue weighted by Gasteiger charge is 2.24. The van der Waals surface area contributed by atoms with E-state index in [2.05, 4.69) is 87.7 Å². The van der Waals surface area contributed by atoms with E-state index >= 15 is 0 Å². The van der Waals surface area contributed by atoms with Gasteiger partial charge in [-0.2, -0.15) is 0 Å². The fourth-order valence-electron chi connectivity index (χ4n) is 4.36. The lowest BCUT2D eigenvalue weighted by atomic mass is 9.88. The van der Waals surface area contributed by atoms with E-state index in [-0.39, 0.29) is 11.8 Å². The van der Waals surface area contributed by atoms with Gasteiger partial charge in [-0.25, -0.2) is 0 Å². The molecular formula is C27H30N4O. The van der Waals surface area contributed by atoms with Crippen LogP contribution >= 0.6 is 0 Å². The van der Waals surface area contributed by atoms with Gasteiger partial charge in [-0.3, -0.25) is 9.79 Å². The molecule has 3 N–H and O–H groups in total. The van der Waals surface area contributed by atoms with Gasteiger partial charge in [0.15, 0.2) is 5.96 Å². The monoisotopic (exact) mass is 426 g/mol. The smallest absolute Gasteiger partial charge is 0.225 e. The van der Waals surface area contributed by atoms with Crippen LogP contribution in [0.1, 0.15) is 41.4 Å². The highest BCUT2D eigenvalue weighted by Crippen LogP contribution is 2.31. The molecule has 0 aromatic heterocycles. The number of rotatable bonds is 7. The number of nitrogens with zero attached hydrogens (tertiary/aromatic N) is 1. The van der Waals surface area contributed by atoms with Crippen LogP contribution in [0, 0.1) is 0 Å². The first-order chi connectivity index (χ1) is 15.7. The molecule has 1 amide bonds. The van der Waals surface area contributed by atoms with E-state index in [9.17, 15) is 4.79 Å². The van der Waals surface area contributed by atoms with Gasteiger partial charge >= 0.3 is 0 Å². The molecule has 0 saturated carbocycles. The van der Waals surface area contributed by atoms with Crippen molar-refractivity contribution in [2.75, 3.05) is 25.5 Å². The molecule has 32 heavy (non-hydrogen) atoms. The summed E-state index contributed by atoms with van der Waals surface area (Å²) in [6.45, 7) is 1.45. The lowest BCUT2D eigenvalue weighted by molar-refractivity contribution is -0.116. The number of hydrogen-bond donors (Lipinski definition) is 3. The zero-order valence-electron chi connectivity index (χ0n) is 18.4. The molecule has 0 bridgehead atoms. The van der Waals surface area contributed by atoms with Crippen molar-refractivity contribution >= 4 is 17.6 Å². The number of benzene rings is 3. The van der Waals surface area contributed by atoms with Crippen molar-refractivity contribution < 1.29 is 4.79 Å². The standard InChI is InChI=1S/C27H30N4O/c1-28-27(30-19-22-18-26(32)31-25-15-9-8-14-24(22)25)29-17-16-23(20-10-4-2-5-11-20)21-12-6-3-7-13-21/h2-15,22-23H,16-19H2,1H3,(H,31,32)(H2,28,29,30). The predicted molar refractivity (Wildman–Crippen MR) is 131 cm³/mol. The van der Waals surface area contributed by atoms with Crippen molar-refractivity contribution in [3.05, 3.63) is 102 Å². The Labute approximate surface area is 190 Å². The van der Waals surface area contributed by atoms with Crippen molar-refractivity contribution in [2.45, 2.75) is 24.7 Å². The summed E-state index contributed by atoms with van der Waals surface area (Å²) < 4.78 is 0. The molecule has 1 aliphatic rings. The van der Waals surface area contributed by atoms with Crippen molar-refractivity contribution in [3.8, 4) is 0 Å². The fraction of sp³-hybridized carbons (Fsp3) is 0.259. The number of guanidine groups is 1. The molecule has 0 aliphatic carbocycles. The van der Waals surface area contributed by atoms with Crippen LogP contribution in [0.4, 0.5) is 5.69 Å². The molecule has 3 aromatic rings. The van der Waals surface area contributed by atoms with E-state index in [1.165, 1.54) is 16.7 Å². The Morgan fingerprint density at radius 3 is 2.22 bits per heavy atom. The Balaban J connectivity index is 1.36. The van der Waals surface area contributed by atoms with Gasteiger partial charge in [0.1, 0.15) is 0 Å². The molecule has 3 aromatic carbocycles. The molecule has 4 rings (SSSR count). The number of amides is 1. The fourth-order valence-corrected chi connectivity index (χ4v) is 4.36. The quantitative estimate of drug-likeness (QED) is 0.385. The van der Waals surface area contributed by atoms with Crippen LogP contribution in [0.5, 0.6) is 0 Å². The minimum Gasteiger partial charge on any atom is -0.356 e. The number of fused-ring (bicyclic) bond motifs is 1. The highest BCUT2D eigenvalue weighted by molar-refractivity contribution is 5.94. The van der Waals surface area contributed by atoms with Gasteiger partial charge in [-0.1, -0.05) is 78.9 Å². The summed E-state index contributed by atoms with van der Waals surface area (Å²) in [5.41, 5.74) is 4.71. The summed E-state index contributed by atoms with van der Waals surface area (Å²) in [5.74, 6) is 1.26. The average molecular weight is 427 g/mol. The molecule has 164 valence electrons. The second-order valence-electron chi connectivity index (χ2n) is 8.08. The molecule has 0 radical (unpaired) electrons. The summed E-state index contributed by atoms with van der Waals surface area (Å²) >= 11 is 0. The van der Waals surface area contributed by atoms with Crippen LogP contribution in [0.25, 0.3) is 0 Å². The van der Waals surface area contributed by atoms with Crippen LogP contribution in [-0.2, 0) is 4.79 Å². The SMILES string of the molecule is CN=C(NCCC(c1ccccc1)c1ccccc1)NCC1CC(=O)Nc2ccccc21. The van der Waals surface area contributed by atoms with Gasteiger partial charge in [0.05, 0.1) is 0 Å². The number of carbonyl (C=O) groups excluding carboxylic acids is 1. The van der Waals surface area contributed by atoms with E-state index < -0.39 is 0 Å². The molecule has 0 saturated heterocycles. The number of anilines is 1. The molecule has 5 heteroatoms. The molecule has 1 heterocycles. The Morgan fingerprint density at radius 2 is 1.56 bits per heavy atom. The van der Waals surface area contributed by atoms with E-state index in [1.807, 2.05) is 18.2 Å². The number of hydrogen-bond acceptors (Lipinski definition) is 2. The first-order valence-corrected chi connectivity index (χ1v) is 11.2. The molecule has 1 unspecified atom stereocenters. The molecule has 1 aliphatic heterocycles. The third-order valence-electron chi connectivity index (χ3n) is 5.98. The third-order valence-corrected chi connectivity index (χ3v) is 5.98. The van der Waals surface area contributed by atoms with Crippen LogP contribution in [0.3, 0.4) is 0 Å². The van der Waals surface area contributed by atoms with Crippen molar-refractivity contribution in [3.63, 3.8) is 0 Å². The van der Waals surface area contributed by atoms with E-state index in [0.717, 1.165) is 24.6 Å². The predicted octanol–water partition coefficient (Wildman–Crippen LogP) is 4.50. The molecule has 0 spiro atoms. The Morgan fingerprint density at radius 1 is 0.938 bits per heavy atom. The van der Waals surface area contributed by atoms with Gasteiger partial charge in [0, 0.05) is 44.1 Å². The van der Waals surface area contributed by atoms with Gasteiger partial charge in [0.2, 0.25) is 5.91 Å². The summed E-state index contributed by atoms with van der Waals surface area (Å²) in [7, 11) is 1.78. The Hall–Kier alpha value is -3.60. The lowest BCUT2D eigenvalue weighted by Gasteiger charge is -2.26. The van der Waals surface area contributed by atoms with Crippen LogP contribution in [0.2, 0.25) is 0 Å². The summed E-state index contributed by atoms with van der Waals surface area (Å²) in [6, 6.07) is 29.3. The zero-order chi connectivity index (χ0) is 22.2. The number of nitrogens with one attached hydrogen (secondary N) is 3. The van der Waals surface area contributed by atoms with Crippen molar-refractivity contribution in [1.29, 1.82) is 0 Å². The number of carbonyl (C=O) groups is 1. The van der Waals surface area contributed by atoms with Crippen LogP contribution in [0.15, 0.2) is 89.9 Å². The van der Waals surface area contributed by atoms with E-state index in [0.29, 0.717) is 18.9 Å². The molecule has 0 fully saturated rings. The largest absolute Gasteiger partial charge is 0.356 e. The summed E-state index contributed by atoms with van der Waals surface area (Å²) in [5, 5.41) is 9.82. The van der Waals surface area contributed by atoms with Crippen molar-refractivity contribution in [2.24, 2.45) is 4.99 Å². The second kappa shape index (κ2) is 10.6. The molecule has 5 nitrogen and oxygen atoms in total. The second-order valence-corrected chi connectivity index (χ2v) is 8.08. The molecular weight excluding hydrogens is 396 g/mol. The van der Waals surface area contributed by atoms with E-state index in [1.54, 1.807) is 7.05 Å². The summed E-state index contributed by atoms with van der Waals surface area (Å²) in [4.78, 5) is 16.5.